The van der Waals surface area contributed by atoms with Gasteiger partial charge in [-0.05, 0) is 42.5 Å². The summed E-state index contributed by atoms with van der Waals surface area (Å²) in [7, 11) is 1.78. The first-order valence-corrected chi connectivity index (χ1v) is 10.6. The van der Waals surface area contributed by atoms with Crippen LogP contribution in [0.4, 0.5) is 4.39 Å². The third-order valence-corrected chi connectivity index (χ3v) is 5.86. The Morgan fingerprint density at radius 2 is 2.10 bits per heavy atom. The summed E-state index contributed by atoms with van der Waals surface area (Å²) in [5.41, 5.74) is 1.10. The molecule has 2 aromatic rings. The van der Waals surface area contributed by atoms with E-state index in [9.17, 15) is 4.39 Å². The monoisotopic (exact) mass is 532 g/mol. The minimum Gasteiger partial charge on any atom is -0.376 e. The van der Waals surface area contributed by atoms with E-state index in [1.54, 1.807) is 18.4 Å². The molecule has 0 bridgehead atoms. The molecule has 3 rings (SSSR count). The molecule has 1 aliphatic heterocycles. The van der Waals surface area contributed by atoms with Crippen molar-refractivity contribution in [2.75, 3.05) is 39.8 Å². The van der Waals surface area contributed by atoms with Crippen LogP contribution in [-0.2, 0) is 11.2 Å². The molecule has 1 fully saturated rings. The van der Waals surface area contributed by atoms with Crippen molar-refractivity contribution in [3.05, 3.63) is 58.0 Å². The number of thiophene rings is 1. The van der Waals surface area contributed by atoms with E-state index >= 15 is 0 Å². The van der Waals surface area contributed by atoms with Crippen LogP contribution < -0.4 is 10.6 Å². The minimum atomic E-state index is -0.203. The average Bonchev–Trinajstić information content (AvgIpc) is 3.23. The molecule has 0 amide bonds. The number of halogens is 2. The highest BCUT2D eigenvalue weighted by atomic mass is 127. The topological polar surface area (TPSA) is 48.9 Å². The fraction of sp³-hybridized carbons (Fsp3) is 0.476. The molecule has 0 spiro atoms. The number of rotatable bonds is 7. The highest BCUT2D eigenvalue weighted by molar-refractivity contribution is 14.0. The highest BCUT2D eigenvalue weighted by Gasteiger charge is 2.26. The molecule has 0 radical (unpaired) electrons. The molecular formula is C21H30FIN4OS. The lowest BCUT2D eigenvalue weighted by Crippen LogP contribution is -2.48. The van der Waals surface area contributed by atoms with Crippen molar-refractivity contribution in [1.82, 2.24) is 15.5 Å². The summed E-state index contributed by atoms with van der Waals surface area (Å²) < 4.78 is 18.7. The first-order chi connectivity index (χ1) is 13.7. The van der Waals surface area contributed by atoms with Crippen LogP contribution in [0, 0.1) is 5.82 Å². The lowest BCUT2D eigenvalue weighted by atomic mass is 10.1. The summed E-state index contributed by atoms with van der Waals surface area (Å²) in [6, 6.07) is 11.2. The molecule has 2 N–H and O–H groups in total. The SMILES string of the molecule is CN=C(NCCc1ccc(F)cc1)NCC(c1cccs1)N1CCOC(C)C1.I. The van der Waals surface area contributed by atoms with Crippen LogP contribution in [0.3, 0.4) is 0 Å². The molecule has 1 aromatic heterocycles. The van der Waals surface area contributed by atoms with Crippen LogP contribution in [0.15, 0.2) is 46.8 Å². The number of nitrogens with zero attached hydrogens (tertiary/aromatic N) is 2. The number of benzene rings is 1. The summed E-state index contributed by atoms with van der Waals surface area (Å²) in [4.78, 5) is 8.18. The van der Waals surface area contributed by atoms with E-state index in [0.717, 1.165) is 50.7 Å². The summed E-state index contributed by atoms with van der Waals surface area (Å²) in [6.45, 7) is 6.29. The first kappa shape index (κ1) is 24.0. The fourth-order valence-electron chi connectivity index (χ4n) is 3.41. The zero-order valence-corrected chi connectivity index (χ0v) is 20.1. The quantitative estimate of drug-likeness (QED) is 0.325. The summed E-state index contributed by atoms with van der Waals surface area (Å²) >= 11 is 1.79. The van der Waals surface area contributed by atoms with Crippen molar-refractivity contribution in [2.45, 2.75) is 25.5 Å². The van der Waals surface area contributed by atoms with Crippen molar-refractivity contribution >= 4 is 41.3 Å². The smallest absolute Gasteiger partial charge is 0.191 e. The van der Waals surface area contributed by atoms with Crippen LogP contribution >= 0.6 is 35.3 Å². The maximum atomic E-state index is 13.0. The van der Waals surface area contributed by atoms with Gasteiger partial charge in [-0.2, -0.15) is 0 Å². The Hall–Kier alpha value is -1.23. The van der Waals surface area contributed by atoms with Gasteiger partial charge in [0, 0.05) is 38.1 Å². The van der Waals surface area contributed by atoms with E-state index in [2.05, 4.69) is 45.0 Å². The van der Waals surface area contributed by atoms with Gasteiger partial charge in [-0.3, -0.25) is 9.89 Å². The molecule has 5 nitrogen and oxygen atoms in total. The van der Waals surface area contributed by atoms with Crippen LogP contribution in [0.1, 0.15) is 23.4 Å². The highest BCUT2D eigenvalue weighted by Crippen LogP contribution is 2.26. The molecule has 2 heterocycles. The van der Waals surface area contributed by atoms with Crippen LogP contribution in [0.25, 0.3) is 0 Å². The third-order valence-electron chi connectivity index (χ3n) is 4.89. The largest absolute Gasteiger partial charge is 0.376 e. The molecule has 0 saturated carbocycles. The molecule has 2 atom stereocenters. The van der Waals surface area contributed by atoms with Crippen molar-refractivity contribution in [3.8, 4) is 0 Å². The molecule has 160 valence electrons. The number of hydrogen-bond donors (Lipinski definition) is 2. The molecule has 1 saturated heterocycles. The molecule has 1 aliphatic rings. The van der Waals surface area contributed by atoms with E-state index in [1.165, 1.54) is 17.0 Å². The van der Waals surface area contributed by atoms with E-state index in [4.69, 9.17) is 4.74 Å². The van der Waals surface area contributed by atoms with Gasteiger partial charge in [-0.1, -0.05) is 18.2 Å². The number of morpholine rings is 1. The predicted octanol–water partition coefficient (Wildman–Crippen LogP) is 3.67. The third kappa shape index (κ3) is 7.51. The van der Waals surface area contributed by atoms with Crippen LogP contribution in [0.2, 0.25) is 0 Å². The zero-order valence-electron chi connectivity index (χ0n) is 16.9. The van der Waals surface area contributed by atoms with Gasteiger partial charge >= 0.3 is 0 Å². The normalized spacial score (nSPS) is 18.7. The standard InChI is InChI=1S/C21H29FN4OS.HI/c1-16-15-26(11-12-27-16)19(20-4-3-13-28-20)14-25-21(23-2)24-10-9-17-5-7-18(22)8-6-17;/h3-8,13,16,19H,9-12,14-15H2,1-2H3,(H2,23,24,25);1H. The lowest BCUT2D eigenvalue weighted by Gasteiger charge is -2.37. The number of hydrogen-bond acceptors (Lipinski definition) is 4. The van der Waals surface area contributed by atoms with E-state index in [0.29, 0.717) is 6.04 Å². The average molecular weight is 532 g/mol. The number of nitrogens with one attached hydrogen (secondary N) is 2. The van der Waals surface area contributed by atoms with Crippen molar-refractivity contribution in [2.24, 2.45) is 4.99 Å². The minimum absolute atomic E-state index is 0. The molecular weight excluding hydrogens is 502 g/mol. The summed E-state index contributed by atoms with van der Waals surface area (Å²) in [5, 5.41) is 8.95. The Kier molecular flexibility index (Phi) is 10.3. The van der Waals surface area contributed by atoms with Gasteiger partial charge in [0.1, 0.15) is 5.82 Å². The van der Waals surface area contributed by atoms with Gasteiger partial charge in [-0.25, -0.2) is 4.39 Å². The van der Waals surface area contributed by atoms with E-state index < -0.39 is 0 Å². The van der Waals surface area contributed by atoms with Crippen molar-refractivity contribution < 1.29 is 9.13 Å². The second kappa shape index (κ2) is 12.5. The van der Waals surface area contributed by atoms with Gasteiger partial charge in [-0.15, -0.1) is 35.3 Å². The Morgan fingerprint density at radius 3 is 2.76 bits per heavy atom. The summed E-state index contributed by atoms with van der Waals surface area (Å²) in [6.07, 6.45) is 1.07. The first-order valence-electron chi connectivity index (χ1n) is 9.73. The van der Waals surface area contributed by atoms with Crippen LogP contribution in [0.5, 0.6) is 0 Å². The molecule has 2 unspecified atom stereocenters. The predicted molar refractivity (Wildman–Crippen MR) is 129 cm³/mol. The molecule has 1 aromatic carbocycles. The van der Waals surface area contributed by atoms with Gasteiger partial charge in [0.25, 0.3) is 0 Å². The zero-order chi connectivity index (χ0) is 19.8. The van der Waals surface area contributed by atoms with Crippen LogP contribution in [-0.4, -0.2) is 56.8 Å². The summed E-state index contributed by atoms with van der Waals surface area (Å²) in [5.74, 6) is 0.580. The molecule has 0 aliphatic carbocycles. The van der Waals surface area contributed by atoms with Gasteiger partial charge in [0.2, 0.25) is 0 Å². The number of ether oxygens (including phenoxy) is 1. The van der Waals surface area contributed by atoms with Gasteiger partial charge in [0.05, 0.1) is 18.8 Å². The van der Waals surface area contributed by atoms with Crippen molar-refractivity contribution in [1.29, 1.82) is 0 Å². The maximum absolute atomic E-state index is 13.0. The van der Waals surface area contributed by atoms with Crippen molar-refractivity contribution in [3.63, 3.8) is 0 Å². The molecule has 29 heavy (non-hydrogen) atoms. The fourth-order valence-corrected chi connectivity index (χ4v) is 4.27. The Bertz CT molecular complexity index is 742. The number of guanidine groups is 1. The van der Waals surface area contributed by atoms with E-state index in [1.807, 2.05) is 12.1 Å². The second-order valence-corrected chi connectivity index (χ2v) is 7.94. The van der Waals surface area contributed by atoms with Gasteiger partial charge < -0.3 is 15.4 Å². The Labute approximate surface area is 193 Å². The Balaban J connectivity index is 0.00000300. The van der Waals surface area contributed by atoms with E-state index in [-0.39, 0.29) is 35.9 Å². The second-order valence-electron chi connectivity index (χ2n) is 6.96. The lowest BCUT2D eigenvalue weighted by molar-refractivity contribution is -0.0334. The maximum Gasteiger partial charge on any atom is 0.191 e. The van der Waals surface area contributed by atoms with Gasteiger partial charge in [0.15, 0.2) is 5.96 Å². The Morgan fingerprint density at radius 1 is 1.31 bits per heavy atom. The molecule has 8 heteroatoms. The number of aliphatic imine (C=N–C) groups is 1.